The smallest absolute Gasteiger partial charge is 0.124 e. The summed E-state index contributed by atoms with van der Waals surface area (Å²) in [5, 5.41) is 13.7. The molecule has 1 atom stereocenters. The second-order valence-corrected chi connectivity index (χ2v) is 5.87. The first-order chi connectivity index (χ1) is 10.2. The maximum atomic E-state index is 10.3. The molecule has 0 radical (unpaired) electrons. The van der Waals surface area contributed by atoms with Gasteiger partial charge < -0.3 is 20.1 Å². The third kappa shape index (κ3) is 4.99. The summed E-state index contributed by atoms with van der Waals surface area (Å²) in [5.41, 5.74) is 2.00. The van der Waals surface area contributed by atoms with Gasteiger partial charge >= 0.3 is 0 Å². The molecular formula is C17H28N2O2. The highest BCUT2D eigenvalue weighted by Crippen LogP contribution is 2.25. The Labute approximate surface area is 128 Å². The number of nitrogens with zero attached hydrogens (tertiary/aromatic N) is 1. The predicted octanol–water partition coefficient (Wildman–Crippen LogP) is 2.11. The molecule has 118 valence electrons. The number of aliphatic hydroxyl groups excluding tert-OH is 1. The van der Waals surface area contributed by atoms with Gasteiger partial charge in [-0.05, 0) is 45.0 Å². The number of rotatable bonds is 7. The van der Waals surface area contributed by atoms with E-state index in [1.165, 1.54) is 32.4 Å². The maximum Gasteiger partial charge on any atom is 0.124 e. The zero-order valence-corrected chi connectivity index (χ0v) is 13.3. The Morgan fingerprint density at radius 2 is 2.05 bits per heavy atom. The van der Waals surface area contributed by atoms with E-state index in [0.717, 1.165) is 30.0 Å². The Kier molecular flexibility index (Phi) is 6.49. The molecule has 2 rings (SSSR count). The standard InChI is InChI=1S/C17H28N2O2/c1-14-6-7-17(21-2)15(12-14)16(20)13-18-8-11-19-9-4-3-5-10-19/h6-7,12,16,18,20H,3-5,8-11,13H2,1-2H3. The Morgan fingerprint density at radius 1 is 1.29 bits per heavy atom. The van der Waals surface area contributed by atoms with Crippen molar-refractivity contribution in [2.45, 2.75) is 32.3 Å². The number of nitrogens with one attached hydrogen (secondary N) is 1. The van der Waals surface area contributed by atoms with Gasteiger partial charge in [0.2, 0.25) is 0 Å². The van der Waals surface area contributed by atoms with Crippen LogP contribution in [0.25, 0.3) is 0 Å². The largest absolute Gasteiger partial charge is 0.496 e. The molecule has 1 aromatic rings. The minimum atomic E-state index is -0.527. The van der Waals surface area contributed by atoms with Crippen LogP contribution < -0.4 is 10.1 Å². The van der Waals surface area contributed by atoms with Crippen LogP contribution in [0.2, 0.25) is 0 Å². The highest BCUT2D eigenvalue weighted by molar-refractivity contribution is 5.38. The first-order valence-electron chi connectivity index (χ1n) is 7.96. The first-order valence-corrected chi connectivity index (χ1v) is 7.96. The summed E-state index contributed by atoms with van der Waals surface area (Å²) in [6.07, 6.45) is 3.49. The Hall–Kier alpha value is -1.10. The van der Waals surface area contributed by atoms with Gasteiger partial charge in [0.05, 0.1) is 13.2 Å². The second-order valence-electron chi connectivity index (χ2n) is 5.87. The summed E-state index contributed by atoms with van der Waals surface area (Å²) in [4.78, 5) is 2.50. The van der Waals surface area contributed by atoms with Crippen LogP contribution in [0, 0.1) is 6.92 Å². The molecule has 1 aliphatic heterocycles. The lowest BCUT2D eigenvalue weighted by Gasteiger charge is -2.26. The minimum absolute atomic E-state index is 0.527. The number of aryl methyl sites for hydroxylation is 1. The van der Waals surface area contributed by atoms with E-state index in [1.54, 1.807) is 7.11 Å². The molecule has 0 aromatic heterocycles. The van der Waals surface area contributed by atoms with E-state index in [1.807, 2.05) is 25.1 Å². The van der Waals surface area contributed by atoms with Crippen molar-refractivity contribution in [1.29, 1.82) is 0 Å². The van der Waals surface area contributed by atoms with Crippen LogP contribution in [0.15, 0.2) is 18.2 Å². The minimum Gasteiger partial charge on any atom is -0.496 e. The highest BCUT2D eigenvalue weighted by Gasteiger charge is 2.14. The molecule has 0 amide bonds. The van der Waals surface area contributed by atoms with Gasteiger partial charge in [-0.25, -0.2) is 0 Å². The van der Waals surface area contributed by atoms with E-state index in [-0.39, 0.29) is 0 Å². The van der Waals surface area contributed by atoms with E-state index in [4.69, 9.17) is 4.74 Å². The van der Waals surface area contributed by atoms with Gasteiger partial charge in [0.15, 0.2) is 0 Å². The lowest BCUT2D eigenvalue weighted by molar-refractivity contribution is 0.166. The average Bonchev–Trinajstić information content (AvgIpc) is 2.52. The van der Waals surface area contributed by atoms with Gasteiger partial charge in [0.25, 0.3) is 0 Å². The number of hydrogen-bond donors (Lipinski definition) is 2. The van der Waals surface area contributed by atoms with Crippen molar-refractivity contribution in [1.82, 2.24) is 10.2 Å². The molecule has 1 aliphatic rings. The van der Waals surface area contributed by atoms with Crippen molar-refractivity contribution in [3.05, 3.63) is 29.3 Å². The quantitative estimate of drug-likeness (QED) is 0.756. The number of aliphatic hydroxyl groups is 1. The van der Waals surface area contributed by atoms with Gasteiger partial charge in [-0.1, -0.05) is 18.1 Å². The molecule has 1 saturated heterocycles. The molecule has 0 spiro atoms. The summed E-state index contributed by atoms with van der Waals surface area (Å²) in [7, 11) is 1.64. The van der Waals surface area contributed by atoms with Crippen LogP contribution >= 0.6 is 0 Å². The van der Waals surface area contributed by atoms with Gasteiger partial charge in [0.1, 0.15) is 5.75 Å². The van der Waals surface area contributed by atoms with Crippen molar-refractivity contribution in [2.24, 2.45) is 0 Å². The van der Waals surface area contributed by atoms with Gasteiger partial charge in [-0.15, -0.1) is 0 Å². The van der Waals surface area contributed by atoms with Crippen molar-refractivity contribution in [3.63, 3.8) is 0 Å². The van der Waals surface area contributed by atoms with Crippen LogP contribution in [0.4, 0.5) is 0 Å². The van der Waals surface area contributed by atoms with Gasteiger partial charge in [-0.3, -0.25) is 0 Å². The van der Waals surface area contributed by atoms with Gasteiger partial charge in [-0.2, -0.15) is 0 Å². The van der Waals surface area contributed by atoms with Crippen LogP contribution in [0.5, 0.6) is 5.75 Å². The summed E-state index contributed by atoms with van der Waals surface area (Å²) < 4.78 is 5.33. The summed E-state index contributed by atoms with van der Waals surface area (Å²) in [5.74, 6) is 0.755. The van der Waals surface area contributed by atoms with E-state index in [0.29, 0.717) is 6.54 Å². The zero-order chi connectivity index (χ0) is 15.1. The van der Waals surface area contributed by atoms with E-state index in [2.05, 4.69) is 10.2 Å². The van der Waals surface area contributed by atoms with Crippen LogP contribution in [-0.2, 0) is 0 Å². The summed E-state index contributed by atoms with van der Waals surface area (Å²) >= 11 is 0. The van der Waals surface area contributed by atoms with Crippen LogP contribution in [-0.4, -0.2) is 49.8 Å². The number of likely N-dealkylation sites (tertiary alicyclic amines) is 1. The normalized spacial score (nSPS) is 17.7. The fourth-order valence-corrected chi connectivity index (χ4v) is 2.88. The molecule has 1 unspecified atom stereocenters. The summed E-state index contributed by atoms with van der Waals surface area (Å²) in [6, 6.07) is 5.91. The van der Waals surface area contributed by atoms with Crippen molar-refractivity contribution in [3.8, 4) is 5.75 Å². The van der Waals surface area contributed by atoms with Crippen LogP contribution in [0.3, 0.4) is 0 Å². The molecule has 0 aliphatic carbocycles. The van der Waals surface area contributed by atoms with Gasteiger partial charge in [0, 0.05) is 25.2 Å². The van der Waals surface area contributed by atoms with E-state index >= 15 is 0 Å². The number of hydrogen-bond acceptors (Lipinski definition) is 4. The molecule has 0 bridgehead atoms. The lowest BCUT2D eigenvalue weighted by atomic mass is 10.1. The molecule has 1 aromatic carbocycles. The maximum absolute atomic E-state index is 10.3. The Bertz CT molecular complexity index is 431. The predicted molar refractivity (Wildman–Crippen MR) is 85.9 cm³/mol. The molecule has 2 N–H and O–H groups in total. The third-order valence-electron chi connectivity index (χ3n) is 4.14. The molecule has 4 nitrogen and oxygen atoms in total. The first kappa shape index (κ1) is 16.3. The number of methoxy groups -OCH3 is 1. The van der Waals surface area contributed by atoms with E-state index in [9.17, 15) is 5.11 Å². The summed E-state index contributed by atoms with van der Waals surface area (Å²) in [6.45, 7) is 7.02. The molecule has 4 heteroatoms. The second kappa shape index (κ2) is 8.37. The number of ether oxygens (including phenoxy) is 1. The molecule has 0 saturated carbocycles. The number of piperidine rings is 1. The SMILES string of the molecule is COc1ccc(C)cc1C(O)CNCCN1CCCCC1. The topological polar surface area (TPSA) is 44.7 Å². The average molecular weight is 292 g/mol. The fourth-order valence-electron chi connectivity index (χ4n) is 2.88. The Morgan fingerprint density at radius 3 is 2.76 bits per heavy atom. The zero-order valence-electron chi connectivity index (χ0n) is 13.3. The lowest BCUT2D eigenvalue weighted by Crippen LogP contribution is -2.36. The Balaban J connectivity index is 1.76. The number of benzene rings is 1. The molecule has 1 heterocycles. The van der Waals surface area contributed by atoms with E-state index < -0.39 is 6.10 Å². The molecule has 1 fully saturated rings. The van der Waals surface area contributed by atoms with Crippen molar-refractivity contribution >= 4 is 0 Å². The van der Waals surface area contributed by atoms with Crippen LogP contribution in [0.1, 0.15) is 36.5 Å². The third-order valence-corrected chi connectivity index (χ3v) is 4.14. The highest BCUT2D eigenvalue weighted by atomic mass is 16.5. The van der Waals surface area contributed by atoms with Crippen molar-refractivity contribution in [2.75, 3.05) is 39.8 Å². The monoisotopic (exact) mass is 292 g/mol. The van der Waals surface area contributed by atoms with Crippen molar-refractivity contribution < 1.29 is 9.84 Å². The molecular weight excluding hydrogens is 264 g/mol. The fraction of sp³-hybridized carbons (Fsp3) is 0.647. The molecule has 21 heavy (non-hydrogen) atoms.